The van der Waals surface area contributed by atoms with E-state index in [0.29, 0.717) is 0 Å². The molecule has 0 heterocycles. The minimum absolute atomic E-state index is 0.0909. The molecule has 0 spiro atoms. The molecule has 0 aliphatic heterocycles. The van der Waals surface area contributed by atoms with Gasteiger partial charge in [0.15, 0.2) is 8.07 Å². The summed E-state index contributed by atoms with van der Waals surface area (Å²) in [6, 6.07) is 19.2. The standard InChI is InChI=1S/C28H22O8Si/c29-25(30)17-1-9-21(10-2-17)37(22-11-3-18(4-12-22)26(31)32,23-13-5-19(6-14-23)27(33)34)24-15-7-20(8-16-24)28(35)36/h1-7,9-16,20H,8H2,(H,29,30)(H,31,32)(H,33,34)(H,35,36). The van der Waals surface area contributed by atoms with E-state index < -0.39 is 37.9 Å². The van der Waals surface area contributed by atoms with E-state index in [2.05, 4.69) is 0 Å². The topological polar surface area (TPSA) is 149 Å². The molecule has 0 bridgehead atoms. The second-order valence-electron chi connectivity index (χ2n) is 8.60. The van der Waals surface area contributed by atoms with E-state index in [1.54, 1.807) is 48.6 Å². The zero-order valence-electron chi connectivity index (χ0n) is 19.4. The van der Waals surface area contributed by atoms with Gasteiger partial charge in [0.1, 0.15) is 0 Å². The van der Waals surface area contributed by atoms with Gasteiger partial charge < -0.3 is 20.4 Å². The van der Waals surface area contributed by atoms with Crippen molar-refractivity contribution in [1.29, 1.82) is 0 Å². The van der Waals surface area contributed by atoms with E-state index in [1.165, 1.54) is 36.4 Å². The average molecular weight is 515 g/mol. The lowest BCUT2D eigenvalue weighted by molar-refractivity contribution is -0.140. The summed E-state index contributed by atoms with van der Waals surface area (Å²) >= 11 is 0. The number of aliphatic carboxylic acids is 1. The van der Waals surface area contributed by atoms with Gasteiger partial charge in [-0.3, -0.25) is 4.79 Å². The van der Waals surface area contributed by atoms with E-state index in [4.69, 9.17) is 0 Å². The highest BCUT2D eigenvalue weighted by Crippen LogP contribution is 2.26. The molecule has 0 fully saturated rings. The molecule has 3 aromatic carbocycles. The molecule has 4 N–H and O–H groups in total. The summed E-state index contributed by atoms with van der Waals surface area (Å²) < 4.78 is 0. The van der Waals surface area contributed by atoms with Crippen LogP contribution in [-0.2, 0) is 4.79 Å². The lowest BCUT2D eigenvalue weighted by Crippen LogP contribution is -2.68. The van der Waals surface area contributed by atoms with Crippen LogP contribution in [-0.4, -0.2) is 52.4 Å². The summed E-state index contributed by atoms with van der Waals surface area (Å²) in [6.07, 6.45) is 5.47. The third-order valence-electron chi connectivity index (χ3n) is 6.54. The summed E-state index contributed by atoms with van der Waals surface area (Å²) in [7, 11) is -3.26. The van der Waals surface area contributed by atoms with Gasteiger partial charge >= 0.3 is 23.9 Å². The van der Waals surface area contributed by atoms with Gasteiger partial charge in [0.05, 0.1) is 22.6 Å². The third kappa shape index (κ3) is 4.72. The van der Waals surface area contributed by atoms with E-state index in [9.17, 15) is 39.6 Å². The molecule has 1 atom stereocenters. The van der Waals surface area contributed by atoms with Crippen LogP contribution in [0.25, 0.3) is 0 Å². The molecule has 1 aliphatic carbocycles. The molecule has 0 amide bonds. The first-order valence-corrected chi connectivity index (χ1v) is 13.3. The normalized spacial score (nSPS) is 15.0. The number of benzene rings is 3. The summed E-state index contributed by atoms with van der Waals surface area (Å²) in [4.78, 5) is 46.2. The van der Waals surface area contributed by atoms with Crippen molar-refractivity contribution in [1.82, 2.24) is 0 Å². The largest absolute Gasteiger partial charge is 0.481 e. The fraction of sp³-hybridized carbons (Fsp3) is 0.0714. The van der Waals surface area contributed by atoms with E-state index in [-0.39, 0.29) is 23.1 Å². The van der Waals surface area contributed by atoms with Crippen LogP contribution in [0.1, 0.15) is 37.5 Å². The summed E-state index contributed by atoms with van der Waals surface area (Å²) in [5, 5.41) is 40.9. The molecule has 3 aromatic rings. The molecule has 0 saturated carbocycles. The van der Waals surface area contributed by atoms with Gasteiger partial charge in [0.2, 0.25) is 0 Å². The smallest absolute Gasteiger partial charge is 0.335 e. The molecule has 37 heavy (non-hydrogen) atoms. The Labute approximate surface area is 212 Å². The summed E-state index contributed by atoms with van der Waals surface area (Å²) in [5.41, 5.74) is 0.273. The van der Waals surface area contributed by atoms with Crippen molar-refractivity contribution in [3.63, 3.8) is 0 Å². The molecule has 1 aliphatic rings. The fourth-order valence-corrected chi connectivity index (χ4v) is 9.44. The van der Waals surface area contributed by atoms with Crippen molar-refractivity contribution in [3.8, 4) is 0 Å². The molecule has 0 aromatic heterocycles. The maximum Gasteiger partial charge on any atom is 0.335 e. The highest BCUT2D eigenvalue weighted by atomic mass is 28.3. The number of carboxylic acid groups (broad SMARTS) is 4. The van der Waals surface area contributed by atoms with Crippen molar-refractivity contribution in [2.24, 2.45) is 5.92 Å². The van der Waals surface area contributed by atoms with Crippen LogP contribution in [0.15, 0.2) is 96.2 Å². The molecular formula is C28H22O8Si. The van der Waals surface area contributed by atoms with Crippen LogP contribution >= 0.6 is 0 Å². The Morgan fingerprint density at radius 2 is 0.946 bits per heavy atom. The van der Waals surface area contributed by atoms with Crippen LogP contribution in [0, 0.1) is 5.92 Å². The zero-order valence-corrected chi connectivity index (χ0v) is 20.4. The molecule has 0 saturated heterocycles. The van der Waals surface area contributed by atoms with Crippen molar-refractivity contribution in [2.45, 2.75) is 6.42 Å². The number of carbonyl (C=O) groups is 4. The Morgan fingerprint density at radius 3 is 1.19 bits per heavy atom. The van der Waals surface area contributed by atoms with Gasteiger partial charge in [-0.2, -0.15) is 0 Å². The van der Waals surface area contributed by atoms with Crippen molar-refractivity contribution < 1.29 is 39.6 Å². The van der Waals surface area contributed by atoms with Crippen LogP contribution in [0.2, 0.25) is 0 Å². The number of allylic oxidation sites excluding steroid dienone is 3. The highest BCUT2D eigenvalue weighted by Gasteiger charge is 2.43. The Morgan fingerprint density at radius 1 is 0.595 bits per heavy atom. The van der Waals surface area contributed by atoms with Crippen molar-refractivity contribution >= 4 is 47.5 Å². The van der Waals surface area contributed by atoms with Gasteiger partial charge in [-0.15, -0.1) is 0 Å². The lowest BCUT2D eigenvalue weighted by atomic mass is 10.0. The highest BCUT2D eigenvalue weighted by molar-refractivity contribution is 7.16. The van der Waals surface area contributed by atoms with Gasteiger partial charge in [0, 0.05) is 0 Å². The Bertz CT molecular complexity index is 1300. The Balaban J connectivity index is 2.04. The first-order chi connectivity index (χ1) is 17.6. The Hall–Kier alpha value is -4.76. The quantitative estimate of drug-likeness (QED) is 0.264. The van der Waals surface area contributed by atoms with Crippen LogP contribution in [0.3, 0.4) is 0 Å². The number of hydrogen-bond acceptors (Lipinski definition) is 4. The lowest BCUT2D eigenvalue weighted by Gasteiger charge is -2.36. The molecule has 0 radical (unpaired) electrons. The maximum absolute atomic E-state index is 11.6. The molecule has 1 unspecified atom stereocenters. The van der Waals surface area contributed by atoms with Gasteiger partial charge in [0.25, 0.3) is 0 Å². The van der Waals surface area contributed by atoms with Gasteiger partial charge in [-0.05, 0) is 63.6 Å². The average Bonchev–Trinajstić information content (AvgIpc) is 2.90. The minimum Gasteiger partial charge on any atom is -0.481 e. The second-order valence-corrected chi connectivity index (χ2v) is 12.4. The number of carboxylic acids is 4. The van der Waals surface area contributed by atoms with Gasteiger partial charge in [-0.25, -0.2) is 14.4 Å². The molecule has 8 nitrogen and oxygen atoms in total. The third-order valence-corrected chi connectivity index (χ3v) is 11.4. The van der Waals surface area contributed by atoms with E-state index >= 15 is 0 Å². The fourth-order valence-electron chi connectivity index (χ4n) is 4.67. The van der Waals surface area contributed by atoms with Gasteiger partial charge in [-0.1, -0.05) is 54.6 Å². The number of rotatable bonds is 8. The molecule has 186 valence electrons. The molecule has 4 rings (SSSR count). The van der Waals surface area contributed by atoms with Crippen LogP contribution < -0.4 is 15.6 Å². The monoisotopic (exact) mass is 514 g/mol. The maximum atomic E-state index is 11.6. The number of aromatic carboxylic acids is 3. The second kappa shape index (κ2) is 10.1. The Kier molecular flexibility index (Phi) is 6.90. The summed E-state index contributed by atoms with van der Waals surface area (Å²) in [5.74, 6) is -4.92. The minimum atomic E-state index is -3.26. The van der Waals surface area contributed by atoms with Crippen molar-refractivity contribution in [3.05, 3.63) is 113 Å². The van der Waals surface area contributed by atoms with Crippen LogP contribution in [0.5, 0.6) is 0 Å². The molecular weight excluding hydrogens is 492 g/mol. The van der Waals surface area contributed by atoms with Crippen LogP contribution in [0.4, 0.5) is 0 Å². The predicted molar refractivity (Wildman–Crippen MR) is 138 cm³/mol. The SMILES string of the molecule is O=C(O)c1ccc([Si](C2=CCC(C(=O)O)C=C2)(c2ccc(C(=O)O)cc2)c2ccc(C(=O)O)cc2)cc1. The molecule has 9 heteroatoms. The first-order valence-electron chi connectivity index (χ1n) is 11.3. The zero-order chi connectivity index (χ0) is 26.7. The van der Waals surface area contributed by atoms with E-state index in [1.807, 2.05) is 6.08 Å². The number of hydrogen-bond donors (Lipinski definition) is 4. The first kappa shape index (κ1) is 25.3. The summed E-state index contributed by atoms with van der Waals surface area (Å²) in [6.45, 7) is 0. The predicted octanol–water partition coefficient (Wildman–Crippen LogP) is 2.38. The van der Waals surface area contributed by atoms with E-state index in [0.717, 1.165) is 20.8 Å². The van der Waals surface area contributed by atoms with Crippen molar-refractivity contribution in [2.75, 3.05) is 0 Å².